The van der Waals surface area contributed by atoms with Gasteiger partial charge < -0.3 is 10.1 Å². The van der Waals surface area contributed by atoms with E-state index in [2.05, 4.69) is 22.2 Å². The number of carbonyl (C=O) groups excluding carboxylic acids is 1. The molecule has 2 rings (SSSR count). The van der Waals surface area contributed by atoms with Gasteiger partial charge in [0.15, 0.2) is 0 Å². The SMILES string of the molecule is CCCCOc1ccc(C(=O)Nc2ccc(F)cn2)cn1. The molecule has 0 aliphatic rings. The van der Waals surface area contributed by atoms with Gasteiger partial charge in [0, 0.05) is 12.3 Å². The third-order valence-corrected chi connectivity index (χ3v) is 2.72. The minimum atomic E-state index is -0.455. The van der Waals surface area contributed by atoms with Crippen molar-refractivity contribution in [3.63, 3.8) is 0 Å². The summed E-state index contributed by atoms with van der Waals surface area (Å²) in [6, 6.07) is 5.88. The number of nitrogens with one attached hydrogen (secondary N) is 1. The molecule has 21 heavy (non-hydrogen) atoms. The van der Waals surface area contributed by atoms with Gasteiger partial charge in [0.25, 0.3) is 5.91 Å². The molecule has 2 heterocycles. The molecule has 1 amide bonds. The molecule has 0 saturated heterocycles. The van der Waals surface area contributed by atoms with Crippen LogP contribution in [-0.4, -0.2) is 22.5 Å². The highest BCUT2D eigenvalue weighted by Gasteiger charge is 2.08. The lowest BCUT2D eigenvalue weighted by atomic mass is 10.2. The van der Waals surface area contributed by atoms with Crippen LogP contribution in [0.5, 0.6) is 5.88 Å². The Morgan fingerprint density at radius 3 is 2.71 bits per heavy atom. The molecule has 0 atom stereocenters. The Labute approximate surface area is 122 Å². The normalized spacial score (nSPS) is 10.2. The van der Waals surface area contributed by atoms with Gasteiger partial charge in [-0.3, -0.25) is 4.79 Å². The number of halogens is 1. The summed E-state index contributed by atoms with van der Waals surface area (Å²) in [5.41, 5.74) is 0.379. The summed E-state index contributed by atoms with van der Waals surface area (Å²) in [5, 5.41) is 2.56. The molecule has 0 saturated carbocycles. The average Bonchev–Trinajstić information content (AvgIpc) is 2.50. The van der Waals surface area contributed by atoms with Gasteiger partial charge in [0.05, 0.1) is 18.4 Å². The molecule has 0 aliphatic heterocycles. The van der Waals surface area contributed by atoms with Gasteiger partial charge in [-0.1, -0.05) is 13.3 Å². The van der Waals surface area contributed by atoms with E-state index in [4.69, 9.17) is 4.74 Å². The number of aromatic nitrogens is 2. The first kappa shape index (κ1) is 14.9. The first-order valence-corrected chi connectivity index (χ1v) is 6.71. The lowest BCUT2D eigenvalue weighted by Gasteiger charge is -2.06. The van der Waals surface area contributed by atoms with Crippen LogP contribution in [-0.2, 0) is 0 Å². The highest BCUT2D eigenvalue weighted by molar-refractivity contribution is 6.03. The van der Waals surface area contributed by atoms with Crippen LogP contribution >= 0.6 is 0 Å². The zero-order valence-corrected chi connectivity index (χ0v) is 11.7. The maximum absolute atomic E-state index is 12.7. The highest BCUT2D eigenvalue weighted by atomic mass is 19.1. The smallest absolute Gasteiger partial charge is 0.258 e. The minimum Gasteiger partial charge on any atom is -0.478 e. The summed E-state index contributed by atoms with van der Waals surface area (Å²) >= 11 is 0. The highest BCUT2D eigenvalue weighted by Crippen LogP contribution is 2.10. The van der Waals surface area contributed by atoms with E-state index < -0.39 is 5.82 Å². The predicted molar refractivity (Wildman–Crippen MR) is 76.8 cm³/mol. The Morgan fingerprint density at radius 2 is 2.10 bits per heavy atom. The molecular formula is C15H16FN3O2. The molecule has 2 aromatic heterocycles. The monoisotopic (exact) mass is 289 g/mol. The van der Waals surface area contributed by atoms with Gasteiger partial charge in [0.1, 0.15) is 11.6 Å². The molecule has 6 heteroatoms. The Bertz CT molecular complexity index is 585. The van der Waals surface area contributed by atoms with Crippen molar-refractivity contribution in [3.05, 3.63) is 48.0 Å². The summed E-state index contributed by atoms with van der Waals surface area (Å²) in [4.78, 5) is 19.8. The second-order valence-corrected chi connectivity index (χ2v) is 4.40. The van der Waals surface area contributed by atoms with Gasteiger partial charge in [0.2, 0.25) is 5.88 Å². The van der Waals surface area contributed by atoms with Crippen molar-refractivity contribution in [1.29, 1.82) is 0 Å². The fourth-order valence-corrected chi connectivity index (χ4v) is 1.56. The van der Waals surface area contributed by atoms with E-state index in [0.717, 1.165) is 19.0 Å². The second kappa shape index (κ2) is 7.33. The van der Waals surface area contributed by atoms with Crippen molar-refractivity contribution >= 4 is 11.7 Å². The Balaban J connectivity index is 1.94. The Morgan fingerprint density at radius 1 is 1.24 bits per heavy atom. The largest absolute Gasteiger partial charge is 0.478 e. The van der Waals surface area contributed by atoms with E-state index in [9.17, 15) is 9.18 Å². The number of nitrogens with zero attached hydrogens (tertiary/aromatic N) is 2. The molecule has 5 nitrogen and oxygen atoms in total. The van der Waals surface area contributed by atoms with Gasteiger partial charge in [-0.2, -0.15) is 0 Å². The number of hydrogen-bond donors (Lipinski definition) is 1. The number of pyridine rings is 2. The zero-order chi connectivity index (χ0) is 15.1. The lowest BCUT2D eigenvalue weighted by molar-refractivity contribution is 0.102. The average molecular weight is 289 g/mol. The van der Waals surface area contributed by atoms with E-state index in [1.807, 2.05) is 0 Å². The van der Waals surface area contributed by atoms with Crippen LogP contribution in [0.4, 0.5) is 10.2 Å². The quantitative estimate of drug-likeness (QED) is 0.830. The zero-order valence-electron chi connectivity index (χ0n) is 11.7. The van der Waals surface area contributed by atoms with Crippen LogP contribution in [0.3, 0.4) is 0 Å². The maximum Gasteiger partial charge on any atom is 0.258 e. The number of anilines is 1. The standard InChI is InChI=1S/C15H16FN3O2/c1-2-3-8-21-14-7-4-11(9-18-14)15(20)19-13-6-5-12(16)10-17-13/h4-7,9-10H,2-3,8H2,1H3,(H,17,19,20). The number of hydrogen-bond acceptors (Lipinski definition) is 4. The van der Waals surface area contributed by atoms with Crippen molar-refractivity contribution in [2.75, 3.05) is 11.9 Å². The van der Waals surface area contributed by atoms with Gasteiger partial charge in [-0.15, -0.1) is 0 Å². The summed E-state index contributed by atoms with van der Waals surface area (Å²) in [6.07, 6.45) is 4.48. The van der Waals surface area contributed by atoms with Crippen LogP contribution in [0.25, 0.3) is 0 Å². The topological polar surface area (TPSA) is 64.1 Å². The Kier molecular flexibility index (Phi) is 5.20. The van der Waals surface area contributed by atoms with E-state index in [0.29, 0.717) is 18.1 Å². The first-order chi connectivity index (χ1) is 10.2. The van der Waals surface area contributed by atoms with Crippen molar-refractivity contribution in [2.24, 2.45) is 0 Å². The van der Waals surface area contributed by atoms with E-state index in [-0.39, 0.29) is 11.7 Å². The molecule has 0 bridgehead atoms. The number of rotatable bonds is 6. The van der Waals surface area contributed by atoms with E-state index in [1.54, 1.807) is 12.1 Å². The van der Waals surface area contributed by atoms with Gasteiger partial charge >= 0.3 is 0 Å². The molecule has 0 fully saturated rings. The second-order valence-electron chi connectivity index (χ2n) is 4.40. The number of carbonyl (C=O) groups is 1. The van der Waals surface area contributed by atoms with Crippen LogP contribution in [0.2, 0.25) is 0 Å². The van der Waals surface area contributed by atoms with Crippen LogP contribution in [0.15, 0.2) is 36.7 Å². The Hall–Kier alpha value is -2.50. The van der Waals surface area contributed by atoms with Crippen LogP contribution < -0.4 is 10.1 Å². The van der Waals surface area contributed by atoms with E-state index in [1.165, 1.54) is 18.3 Å². The summed E-state index contributed by atoms with van der Waals surface area (Å²) in [7, 11) is 0. The van der Waals surface area contributed by atoms with Crippen molar-refractivity contribution < 1.29 is 13.9 Å². The van der Waals surface area contributed by atoms with Gasteiger partial charge in [-0.05, 0) is 24.6 Å². The number of unbranched alkanes of at least 4 members (excludes halogenated alkanes) is 1. The predicted octanol–water partition coefficient (Wildman–Crippen LogP) is 3.05. The molecule has 0 radical (unpaired) electrons. The van der Waals surface area contributed by atoms with Crippen LogP contribution in [0, 0.1) is 5.82 Å². The van der Waals surface area contributed by atoms with Gasteiger partial charge in [-0.25, -0.2) is 14.4 Å². The molecule has 2 aromatic rings. The molecule has 0 aromatic carbocycles. The molecular weight excluding hydrogens is 273 g/mol. The maximum atomic E-state index is 12.7. The van der Waals surface area contributed by atoms with Crippen LogP contribution in [0.1, 0.15) is 30.1 Å². The summed E-state index contributed by atoms with van der Waals surface area (Å²) in [5.74, 6) is -0.0467. The summed E-state index contributed by atoms with van der Waals surface area (Å²) < 4.78 is 18.1. The van der Waals surface area contributed by atoms with E-state index >= 15 is 0 Å². The molecule has 1 N–H and O–H groups in total. The van der Waals surface area contributed by atoms with Crippen molar-refractivity contribution in [2.45, 2.75) is 19.8 Å². The number of ether oxygens (including phenoxy) is 1. The van der Waals surface area contributed by atoms with Crippen molar-refractivity contribution in [1.82, 2.24) is 9.97 Å². The fourth-order valence-electron chi connectivity index (χ4n) is 1.56. The molecule has 110 valence electrons. The third kappa shape index (κ3) is 4.52. The molecule has 0 spiro atoms. The third-order valence-electron chi connectivity index (χ3n) is 2.72. The summed E-state index contributed by atoms with van der Waals surface area (Å²) in [6.45, 7) is 2.68. The minimum absolute atomic E-state index is 0.282. The molecule has 0 aliphatic carbocycles. The number of amides is 1. The fraction of sp³-hybridized carbons (Fsp3) is 0.267. The molecule has 0 unspecified atom stereocenters. The van der Waals surface area contributed by atoms with Crippen molar-refractivity contribution in [3.8, 4) is 5.88 Å². The lowest BCUT2D eigenvalue weighted by Crippen LogP contribution is -2.13. The first-order valence-electron chi connectivity index (χ1n) is 6.71.